The molecule has 1 atom stereocenters. The Kier molecular flexibility index (Phi) is 5.54. The number of alkyl halides is 2. The lowest BCUT2D eigenvalue weighted by Crippen LogP contribution is -2.40. The van der Waals surface area contributed by atoms with Gasteiger partial charge in [-0.1, -0.05) is 36.4 Å². The Morgan fingerprint density at radius 3 is 2.47 bits per heavy atom. The van der Waals surface area contributed by atoms with E-state index < -0.39 is 24.4 Å². The predicted octanol–water partition coefficient (Wildman–Crippen LogP) is 3.47. The van der Waals surface area contributed by atoms with E-state index in [1.807, 2.05) is 42.5 Å². The molecule has 34 heavy (non-hydrogen) atoms. The Hall–Kier alpha value is -3.41. The zero-order valence-electron chi connectivity index (χ0n) is 18.9. The second-order valence-corrected chi connectivity index (χ2v) is 8.01. The van der Waals surface area contributed by atoms with Crippen molar-refractivity contribution in [3.63, 3.8) is 0 Å². The highest BCUT2D eigenvalue weighted by molar-refractivity contribution is 5.96. The molecule has 1 aliphatic rings. The van der Waals surface area contributed by atoms with Crippen molar-refractivity contribution in [2.24, 2.45) is 0 Å². The first-order valence-electron chi connectivity index (χ1n) is 10.7. The monoisotopic (exact) mass is 470 g/mol. The average molecular weight is 470 g/mol. The molecule has 5 rings (SSSR count). The summed E-state index contributed by atoms with van der Waals surface area (Å²) in [4.78, 5) is 9.36. The molecule has 1 fully saturated rings. The third kappa shape index (κ3) is 3.71. The largest absolute Gasteiger partial charge is 0.494 e. The number of halogens is 2. The molecule has 0 saturated carbocycles. The molecule has 0 amide bonds. The molecule has 2 aromatic carbocycles. The van der Waals surface area contributed by atoms with Gasteiger partial charge in [0.25, 0.3) is 11.8 Å². The molecule has 1 saturated heterocycles. The third-order valence-electron chi connectivity index (χ3n) is 5.93. The Balaban J connectivity index is 1.71. The van der Waals surface area contributed by atoms with Gasteiger partial charge in [-0.15, -0.1) is 5.10 Å². The molecular formula is C23H24F2N6O3. The smallest absolute Gasteiger partial charge is 0.279 e. The van der Waals surface area contributed by atoms with Gasteiger partial charge in [-0.25, -0.2) is 18.7 Å². The SMILES string of the molecule is COc1cccc2c1nc(NC(OC)(OC)c1ccccc1)n1nc(C3CC(F)(F)CN3)nc21. The number of ether oxygens (including phenoxy) is 3. The molecule has 0 radical (unpaired) electrons. The molecule has 178 valence electrons. The van der Waals surface area contributed by atoms with Gasteiger partial charge in [0.15, 0.2) is 11.5 Å². The summed E-state index contributed by atoms with van der Waals surface area (Å²) in [6.07, 6.45) is -0.384. The Labute approximate surface area is 194 Å². The maximum Gasteiger partial charge on any atom is 0.279 e. The van der Waals surface area contributed by atoms with Crippen LogP contribution in [0.25, 0.3) is 16.6 Å². The number of anilines is 1. The van der Waals surface area contributed by atoms with Crippen LogP contribution in [0, 0.1) is 0 Å². The number of nitrogens with zero attached hydrogens (tertiary/aromatic N) is 4. The molecule has 2 N–H and O–H groups in total. The summed E-state index contributed by atoms with van der Waals surface area (Å²) in [5.41, 5.74) is 1.65. The van der Waals surface area contributed by atoms with Crippen molar-refractivity contribution in [3.8, 4) is 5.75 Å². The van der Waals surface area contributed by atoms with Gasteiger partial charge in [0.1, 0.15) is 11.3 Å². The fourth-order valence-electron chi connectivity index (χ4n) is 4.21. The lowest BCUT2D eigenvalue weighted by molar-refractivity contribution is -0.194. The lowest BCUT2D eigenvalue weighted by atomic mass is 10.1. The zero-order chi connectivity index (χ0) is 23.9. The Morgan fingerprint density at radius 2 is 1.82 bits per heavy atom. The maximum absolute atomic E-state index is 13.9. The zero-order valence-corrected chi connectivity index (χ0v) is 18.9. The van der Waals surface area contributed by atoms with Crippen LogP contribution in [-0.4, -0.2) is 53.4 Å². The van der Waals surface area contributed by atoms with Crippen LogP contribution < -0.4 is 15.4 Å². The van der Waals surface area contributed by atoms with E-state index in [4.69, 9.17) is 19.2 Å². The number of para-hydroxylation sites is 1. The van der Waals surface area contributed by atoms with E-state index in [1.165, 1.54) is 18.7 Å². The van der Waals surface area contributed by atoms with Crippen LogP contribution in [0.3, 0.4) is 0 Å². The fourth-order valence-corrected chi connectivity index (χ4v) is 4.21. The summed E-state index contributed by atoms with van der Waals surface area (Å²) < 4.78 is 46.2. The molecule has 0 bridgehead atoms. The van der Waals surface area contributed by atoms with Gasteiger partial charge in [-0.05, 0) is 12.1 Å². The summed E-state index contributed by atoms with van der Waals surface area (Å²) in [7, 11) is 4.55. The van der Waals surface area contributed by atoms with Crippen molar-refractivity contribution in [1.82, 2.24) is 24.9 Å². The average Bonchev–Trinajstić information content (AvgIpc) is 3.46. The van der Waals surface area contributed by atoms with Gasteiger partial charge in [-0.3, -0.25) is 5.32 Å². The van der Waals surface area contributed by atoms with Crippen molar-refractivity contribution >= 4 is 22.5 Å². The first-order chi connectivity index (χ1) is 16.4. The molecule has 2 aromatic heterocycles. The molecule has 0 spiro atoms. The number of hydrogen-bond donors (Lipinski definition) is 2. The number of rotatable bonds is 7. The van der Waals surface area contributed by atoms with Crippen LogP contribution in [-0.2, 0) is 15.4 Å². The first-order valence-corrected chi connectivity index (χ1v) is 10.7. The summed E-state index contributed by atoms with van der Waals surface area (Å²) in [5, 5.41) is 11.2. The quantitative estimate of drug-likeness (QED) is 0.397. The van der Waals surface area contributed by atoms with Gasteiger partial charge < -0.3 is 19.5 Å². The molecule has 1 unspecified atom stereocenters. The minimum Gasteiger partial charge on any atom is -0.494 e. The number of fused-ring (bicyclic) bond motifs is 3. The molecule has 11 heteroatoms. The van der Waals surface area contributed by atoms with Crippen molar-refractivity contribution in [3.05, 3.63) is 59.9 Å². The van der Waals surface area contributed by atoms with E-state index in [1.54, 1.807) is 13.2 Å². The van der Waals surface area contributed by atoms with Crippen LogP contribution in [0.1, 0.15) is 23.9 Å². The number of benzene rings is 2. The molecular weight excluding hydrogens is 446 g/mol. The first kappa shape index (κ1) is 22.4. The second kappa shape index (κ2) is 8.42. The summed E-state index contributed by atoms with van der Waals surface area (Å²) in [6.45, 7) is -0.421. The number of methoxy groups -OCH3 is 3. The van der Waals surface area contributed by atoms with Crippen molar-refractivity contribution in [1.29, 1.82) is 0 Å². The highest BCUT2D eigenvalue weighted by atomic mass is 19.3. The van der Waals surface area contributed by atoms with Crippen molar-refractivity contribution in [2.45, 2.75) is 24.3 Å². The Bertz CT molecular complexity index is 1330. The molecule has 4 aromatic rings. The minimum absolute atomic E-state index is 0.239. The van der Waals surface area contributed by atoms with Crippen LogP contribution in [0.2, 0.25) is 0 Å². The van der Waals surface area contributed by atoms with Crippen LogP contribution in [0.15, 0.2) is 48.5 Å². The normalized spacial score (nSPS) is 18.0. The summed E-state index contributed by atoms with van der Waals surface area (Å²) >= 11 is 0. The molecule has 3 heterocycles. The predicted molar refractivity (Wildman–Crippen MR) is 121 cm³/mol. The van der Waals surface area contributed by atoms with Crippen LogP contribution in [0.5, 0.6) is 5.75 Å². The molecule has 0 aliphatic carbocycles. The van der Waals surface area contributed by atoms with Gasteiger partial charge >= 0.3 is 0 Å². The maximum atomic E-state index is 13.9. The van der Waals surface area contributed by atoms with Gasteiger partial charge in [0.2, 0.25) is 5.95 Å². The summed E-state index contributed by atoms with van der Waals surface area (Å²) in [5.74, 6) is -3.21. The van der Waals surface area contributed by atoms with E-state index in [9.17, 15) is 8.78 Å². The number of hydrogen-bond acceptors (Lipinski definition) is 8. The number of aromatic nitrogens is 4. The Morgan fingerprint density at radius 1 is 1.06 bits per heavy atom. The van der Waals surface area contributed by atoms with Crippen LogP contribution in [0.4, 0.5) is 14.7 Å². The summed E-state index contributed by atoms with van der Waals surface area (Å²) in [6, 6.07) is 14.0. The van der Waals surface area contributed by atoms with Crippen LogP contribution >= 0.6 is 0 Å². The van der Waals surface area contributed by atoms with Gasteiger partial charge in [-0.2, -0.15) is 4.52 Å². The highest BCUT2D eigenvalue weighted by Crippen LogP contribution is 2.35. The van der Waals surface area contributed by atoms with Crippen molar-refractivity contribution < 1.29 is 23.0 Å². The number of nitrogens with one attached hydrogen (secondary N) is 2. The van der Waals surface area contributed by atoms with E-state index in [-0.39, 0.29) is 18.2 Å². The third-order valence-corrected chi connectivity index (χ3v) is 5.93. The van der Waals surface area contributed by atoms with E-state index >= 15 is 0 Å². The second-order valence-electron chi connectivity index (χ2n) is 8.01. The molecule has 1 aliphatic heterocycles. The standard InChI is InChI=1S/C23H24F2N6O3/c1-32-17-11-7-10-15-18(17)27-21(29-23(33-2,34-3)14-8-5-4-6-9-14)31-20(15)28-19(30-31)16-12-22(24,25)13-26-16/h4-11,16,26H,12-13H2,1-3H3,(H,27,29). The topological polar surface area (TPSA) is 94.8 Å². The van der Waals surface area contributed by atoms with Crippen molar-refractivity contribution in [2.75, 3.05) is 33.2 Å². The van der Waals surface area contributed by atoms with E-state index in [2.05, 4.69) is 20.7 Å². The minimum atomic E-state index is -2.82. The van der Waals surface area contributed by atoms with E-state index in [0.717, 1.165) is 0 Å². The highest BCUT2D eigenvalue weighted by Gasteiger charge is 2.42. The lowest BCUT2D eigenvalue weighted by Gasteiger charge is -2.32. The van der Waals surface area contributed by atoms with Gasteiger partial charge in [0.05, 0.1) is 19.7 Å². The van der Waals surface area contributed by atoms with E-state index in [0.29, 0.717) is 27.9 Å². The van der Waals surface area contributed by atoms with Gasteiger partial charge in [0, 0.05) is 31.6 Å². The fraction of sp³-hybridized carbons (Fsp3) is 0.348. The molecule has 9 nitrogen and oxygen atoms in total.